The lowest BCUT2D eigenvalue weighted by atomic mass is 9.87. The van der Waals surface area contributed by atoms with Gasteiger partial charge in [0, 0.05) is 13.1 Å². The highest BCUT2D eigenvalue weighted by molar-refractivity contribution is 9.10. The zero-order valence-electron chi connectivity index (χ0n) is 17.7. The number of ether oxygens (including phenoxy) is 2. The Kier molecular flexibility index (Phi) is 8.83. The quantitative estimate of drug-likeness (QED) is 0.511. The summed E-state index contributed by atoms with van der Waals surface area (Å²) in [5.41, 5.74) is 2.43. The van der Waals surface area contributed by atoms with Crippen LogP contribution in [0.25, 0.3) is 0 Å². The molecule has 0 atom stereocenters. The molecule has 0 aromatic heterocycles. The van der Waals surface area contributed by atoms with Crippen molar-refractivity contribution in [3.05, 3.63) is 58.1 Å². The van der Waals surface area contributed by atoms with Gasteiger partial charge >= 0.3 is 6.03 Å². The van der Waals surface area contributed by atoms with Gasteiger partial charge in [0.2, 0.25) is 0 Å². The summed E-state index contributed by atoms with van der Waals surface area (Å²) in [5.74, 6) is 1.66. The van der Waals surface area contributed by atoms with Crippen molar-refractivity contribution in [1.29, 1.82) is 0 Å². The van der Waals surface area contributed by atoms with Gasteiger partial charge in [-0.1, -0.05) is 45.0 Å². The van der Waals surface area contributed by atoms with E-state index in [1.807, 2.05) is 30.3 Å². The Balaban J connectivity index is 1.63. The van der Waals surface area contributed by atoms with Crippen LogP contribution >= 0.6 is 15.9 Å². The summed E-state index contributed by atoms with van der Waals surface area (Å²) in [6.45, 7) is 8.19. The van der Waals surface area contributed by atoms with E-state index >= 15 is 0 Å². The van der Waals surface area contributed by atoms with E-state index in [2.05, 4.69) is 59.5 Å². The third-order valence-corrected chi connectivity index (χ3v) is 5.15. The molecule has 2 N–H and O–H groups in total. The van der Waals surface area contributed by atoms with E-state index in [9.17, 15) is 4.79 Å². The molecule has 0 spiro atoms. The molecule has 0 unspecified atom stereocenters. The molecule has 0 fully saturated rings. The Labute approximate surface area is 182 Å². The van der Waals surface area contributed by atoms with Crippen molar-refractivity contribution >= 4 is 22.0 Å². The molecular weight excluding hydrogens is 432 g/mol. The molecule has 5 nitrogen and oxygen atoms in total. The molecule has 29 heavy (non-hydrogen) atoms. The summed E-state index contributed by atoms with van der Waals surface area (Å²) in [7, 11) is 1.65. The fourth-order valence-electron chi connectivity index (χ4n) is 2.82. The van der Waals surface area contributed by atoms with Gasteiger partial charge in [-0.05, 0) is 63.5 Å². The van der Waals surface area contributed by atoms with Gasteiger partial charge in [0.25, 0.3) is 0 Å². The number of rotatable bonds is 9. The minimum Gasteiger partial charge on any atom is -0.496 e. The zero-order valence-corrected chi connectivity index (χ0v) is 19.3. The number of carbonyl (C=O) groups is 1. The Morgan fingerprint density at radius 1 is 1.03 bits per heavy atom. The first-order valence-corrected chi connectivity index (χ1v) is 10.7. The van der Waals surface area contributed by atoms with Crippen LogP contribution in [0.3, 0.4) is 0 Å². The SMILES string of the molecule is COc1ccccc1CCNC(=O)NCCCOc1ccc(C(C)(C)C)cc1Br. The lowest BCUT2D eigenvalue weighted by Gasteiger charge is -2.20. The minimum atomic E-state index is -0.171. The molecule has 6 heteroatoms. The second-order valence-electron chi connectivity index (χ2n) is 7.84. The maximum atomic E-state index is 11.9. The van der Waals surface area contributed by atoms with Crippen molar-refractivity contribution in [2.75, 3.05) is 26.8 Å². The lowest BCUT2D eigenvalue weighted by molar-refractivity contribution is 0.239. The number of urea groups is 1. The van der Waals surface area contributed by atoms with E-state index < -0.39 is 0 Å². The molecule has 2 amide bonds. The van der Waals surface area contributed by atoms with Crippen LogP contribution in [-0.2, 0) is 11.8 Å². The monoisotopic (exact) mass is 462 g/mol. The number of hydrogen-bond donors (Lipinski definition) is 2. The third-order valence-electron chi connectivity index (χ3n) is 4.53. The summed E-state index contributed by atoms with van der Waals surface area (Å²) in [5, 5.41) is 5.72. The minimum absolute atomic E-state index is 0.101. The van der Waals surface area contributed by atoms with Crippen LogP contribution in [0.2, 0.25) is 0 Å². The second-order valence-corrected chi connectivity index (χ2v) is 8.70. The van der Waals surface area contributed by atoms with Crippen molar-refractivity contribution in [2.24, 2.45) is 0 Å². The van der Waals surface area contributed by atoms with Crippen molar-refractivity contribution in [3.63, 3.8) is 0 Å². The van der Waals surface area contributed by atoms with E-state index in [-0.39, 0.29) is 11.4 Å². The Morgan fingerprint density at radius 2 is 1.76 bits per heavy atom. The smallest absolute Gasteiger partial charge is 0.314 e. The van der Waals surface area contributed by atoms with Crippen molar-refractivity contribution < 1.29 is 14.3 Å². The van der Waals surface area contributed by atoms with E-state index in [1.165, 1.54) is 5.56 Å². The Hall–Kier alpha value is -2.21. The molecule has 2 rings (SSSR count). The summed E-state index contributed by atoms with van der Waals surface area (Å²) >= 11 is 3.58. The number of amides is 2. The Morgan fingerprint density at radius 3 is 2.45 bits per heavy atom. The van der Waals surface area contributed by atoms with Gasteiger partial charge in [-0.15, -0.1) is 0 Å². The molecule has 0 aliphatic heterocycles. The third kappa shape index (κ3) is 7.61. The highest BCUT2D eigenvalue weighted by atomic mass is 79.9. The van der Waals surface area contributed by atoms with Crippen molar-refractivity contribution in [3.8, 4) is 11.5 Å². The van der Waals surface area contributed by atoms with E-state index in [0.29, 0.717) is 19.7 Å². The topological polar surface area (TPSA) is 59.6 Å². The fraction of sp³-hybridized carbons (Fsp3) is 0.435. The van der Waals surface area contributed by atoms with E-state index in [1.54, 1.807) is 7.11 Å². The molecule has 0 saturated carbocycles. The lowest BCUT2D eigenvalue weighted by Crippen LogP contribution is -2.37. The number of carbonyl (C=O) groups excluding carboxylic acids is 1. The first kappa shape index (κ1) is 23.1. The predicted octanol–water partition coefficient (Wildman–Crippen LogP) is 5.07. The maximum Gasteiger partial charge on any atom is 0.314 e. The number of hydrogen-bond acceptors (Lipinski definition) is 3. The van der Waals surface area contributed by atoms with Gasteiger partial charge < -0.3 is 20.1 Å². The first-order chi connectivity index (χ1) is 13.8. The largest absolute Gasteiger partial charge is 0.496 e. The molecule has 0 aliphatic rings. The van der Waals surface area contributed by atoms with Crippen LogP contribution < -0.4 is 20.1 Å². The standard InChI is InChI=1S/C23H31BrN2O3/c1-23(2,3)18-10-11-21(19(24)16-18)29-15-7-13-25-22(27)26-14-12-17-8-5-6-9-20(17)28-4/h5-6,8-11,16H,7,12-15H2,1-4H3,(H2,25,26,27). The van der Waals surface area contributed by atoms with Gasteiger partial charge in [-0.2, -0.15) is 0 Å². The summed E-state index contributed by atoms with van der Waals surface area (Å²) in [6, 6.07) is 13.8. The predicted molar refractivity (Wildman–Crippen MR) is 121 cm³/mol. The molecule has 2 aromatic carbocycles. The van der Waals surface area contributed by atoms with Crippen LogP contribution in [0.4, 0.5) is 4.79 Å². The molecular formula is C23H31BrN2O3. The highest BCUT2D eigenvalue weighted by Crippen LogP contribution is 2.31. The molecule has 2 aromatic rings. The van der Waals surface area contributed by atoms with Gasteiger partial charge in [-0.25, -0.2) is 4.79 Å². The maximum absolute atomic E-state index is 11.9. The molecule has 0 saturated heterocycles. The van der Waals surface area contributed by atoms with Crippen LogP contribution in [0.15, 0.2) is 46.9 Å². The molecule has 0 radical (unpaired) electrons. The van der Waals surface area contributed by atoms with Crippen LogP contribution in [-0.4, -0.2) is 32.8 Å². The number of nitrogens with one attached hydrogen (secondary N) is 2. The van der Waals surface area contributed by atoms with Crippen LogP contribution in [0.5, 0.6) is 11.5 Å². The van der Waals surface area contributed by atoms with Crippen molar-refractivity contribution in [1.82, 2.24) is 10.6 Å². The molecule has 0 bridgehead atoms. The number of para-hydroxylation sites is 1. The van der Waals surface area contributed by atoms with Gasteiger partial charge in [0.05, 0.1) is 18.2 Å². The molecule has 0 heterocycles. The summed E-state index contributed by atoms with van der Waals surface area (Å²) in [4.78, 5) is 11.9. The Bertz CT molecular complexity index is 803. The van der Waals surface area contributed by atoms with Gasteiger partial charge in [-0.3, -0.25) is 0 Å². The van der Waals surface area contributed by atoms with Gasteiger partial charge in [0.15, 0.2) is 0 Å². The zero-order chi connectivity index (χ0) is 21.3. The van der Waals surface area contributed by atoms with Gasteiger partial charge in [0.1, 0.15) is 11.5 Å². The average molecular weight is 463 g/mol. The second kappa shape index (κ2) is 11.1. The summed E-state index contributed by atoms with van der Waals surface area (Å²) in [6.07, 6.45) is 1.45. The van der Waals surface area contributed by atoms with Crippen LogP contribution in [0, 0.1) is 0 Å². The average Bonchev–Trinajstić information content (AvgIpc) is 2.68. The van der Waals surface area contributed by atoms with E-state index in [4.69, 9.17) is 9.47 Å². The molecule has 158 valence electrons. The van der Waals surface area contributed by atoms with E-state index in [0.717, 1.165) is 34.4 Å². The van der Waals surface area contributed by atoms with Crippen LogP contribution in [0.1, 0.15) is 38.3 Å². The molecule has 0 aliphatic carbocycles. The number of methoxy groups -OCH3 is 1. The number of halogens is 1. The summed E-state index contributed by atoms with van der Waals surface area (Å²) < 4.78 is 12.1. The van der Waals surface area contributed by atoms with Crippen molar-refractivity contribution in [2.45, 2.75) is 39.0 Å². The number of benzene rings is 2. The first-order valence-electron chi connectivity index (χ1n) is 9.87. The fourth-order valence-corrected chi connectivity index (χ4v) is 3.32. The highest BCUT2D eigenvalue weighted by Gasteiger charge is 2.15. The normalized spacial score (nSPS) is 11.1.